The average Bonchev–Trinajstić information content (AvgIpc) is 0.750. The standard InChI is InChI=1S/C19H18N2O5.C19H17NO5.C18H18N2O5S.C14H16N2O6.2C14H16N2O3/c1-3-12-9-17(23)26-15-10-16(22)21(19(24)18(12)15)11-14(20-25-2)13-7-5-4-6-8-13;1-3-12-8-17(23)25-15-9-16(22)20(19(24)18(12)15)10-14(21)13-6-4-11(2)5-7-13;1-4-13-9-14(21)25-17-15(13)16(19-18(20-17)26(3,22)23)24-10-12-7-5-11(2)6-8-12;1-4-9-5-10(18)22-13-11(9)12(19)15(6-8(2)17)14(20)16(13)7-21-3;2*1-2-9-7-11(17)19-14-12(9)13(18)15-10(16-14)6-8-4-3-5-8/h4-9H,3,10-11H2,1-2H3;4-8H,3,9-10H2,1-2H3;5-9H,4,10H2,1-3H3;5H,4,6-7H2,1-3H3;2*7-8H,2-6H2,1H3,(H,15,16,18)/b20-14+;;;;;. The summed E-state index contributed by atoms with van der Waals surface area (Å²) in [5.41, 5.74) is 3.74. The molecule has 0 saturated heterocycles. The number of amides is 4. The summed E-state index contributed by atoms with van der Waals surface area (Å²) < 4.78 is 66.7. The predicted octanol–water partition coefficient (Wildman–Crippen LogP) is 9.57. The highest BCUT2D eigenvalue weighted by Gasteiger charge is 2.38. The molecular formula is C98H101N11O27S. The first kappa shape index (κ1) is 101. The molecule has 2 aliphatic heterocycles. The van der Waals surface area contributed by atoms with Crippen LogP contribution in [0.2, 0.25) is 0 Å². The van der Waals surface area contributed by atoms with Crippen LogP contribution in [0.5, 0.6) is 5.88 Å². The number of aromatic amines is 2. The van der Waals surface area contributed by atoms with Crippen molar-refractivity contribution in [1.82, 2.24) is 48.8 Å². The Labute approximate surface area is 779 Å². The third-order valence-electron chi connectivity index (χ3n) is 23.1. The van der Waals surface area contributed by atoms with Gasteiger partial charge in [0.25, 0.3) is 33.6 Å². The Morgan fingerprint density at radius 1 is 0.482 bits per heavy atom. The summed E-state index contributed by atoms with van der Waals surface area (Å²) in [6.07, 6.45) is 12.4. The molecular weight excluding hydrogens is 1800 g/mol. The van der Waals surface area contributed by atoms with Gasteiger partial charge in [-0.1, -0.05) is 175 Å². The zero-order valence-electron chi connectivity index (χ0n) is 77.4. The molecule has 17 rings (SSSR count). The Kier molecular flexibility index (Phi) is 32.9. The number of ether oxygens (including phenoxy) is 2. The first-order valence-corrected chi connectivity index (χ1v) is 46.3. The van der Waals surface area contributed by atoms with E-state index in [1.165, 1.54) is 96.1 Å². The van der Waals surface area contributed by atoms with Gasteiger partial charge in [-0.2, -0.15) is 19.9 Å². The third kappa shape index (κ3) is 24.1. The molecule has 0 bridgehead atoms. The van der Waals surface area contributed by atoms with E-state index in [0.29, 0.717) is 123 Å². The van der Waals surface area contributed by atoms with Crippen molar-refractivity contribution in [3.8, 4) is 5.88 Å². The van der Waals surface area contributed by atoms with Crippen LogP contribution in [0.25, 0.3) is 44.4 Å². The van der Waals surface area contributed by atoms with E-state index in [9.17, 15) is 85.1 Å². The summed E-state index contributed by atoms with van der Waals surface area (Å²) in [5.74, 6) is 0.0107. The van der Waals surface area contributed by atoms with Crippen LogP contribution in [-0.2, 0) is 118 Å². The molecule has 0 spiro atoms. The number of carbonyl (C=O) groups excluding carboxylic acids is 6. The molecule has 38 nitrogen and oxygen atoms in total. The van der Waals surface area contributed by atoms with Crippen molar-refractivity contribution >= 4 is 95.1 Å². The van der Waals surface area contributed by atoms with Crippen molar-refractivity contribution in [2.24, 2.45) is 17.0 Å². The number of carbonyl (C=O) groups is 6. The Balaban J connectivity index is 0.000000148. The van der Waals surface area contributed by atoms with E-state index in [1.54, 1.807) is 38.1 Å². The van der Waals surface area contributed by atoms with Crippen molar-refractivity contribution in [2.75, 3.05) is 33.6 Å². The molecule has 0 radical (unpaired) electrons. The van der Waals surface area contributed by atoms with Gasteiger partial charge < -0.3 is 50.8 Å². The summed E-state index contributed by atoms with van der Waals surface area (Å²) in [5, 5.41) is 4.85. The van der Waals surface area contributed by atoms with Crippen LogP contribution in [0.15, 0.2) is 200 Å². The van der Waals surface area contributed by atoms with Gasteiger partial charge in [-0.15, -0.1) is 0 Å². The summed E-state index contributed by atoms with van der Waals surface area (Å²) in [6.45, 7) is 15.5. The summed E-state index contributed by atoms with van der Waals surface area (Å²) in [7, 11) is -0.936. The van der Waals surface area contributed by atoms with Crippen LogP contribution in [0.4, 0.5) is 0 Å². The molecule has 2 fully saturated rings. The highest BCUT2D eigenvalue weighted by atomic mass is 32.2. The molecule has 716 valence electrons. The number of rotatable bonds is 25. The van der Waals surface area contributed by atoms with Gasteiger partial charge in [0.1, 0.15) is 76.7 Å². The Morgan fingerprint density at radius 2 is 0.905 bits per heavy atom. The van der Waals surface area contributed by atoms with Gasteiger partial charge in [0.15, 0.2) is 5.78 Å². The summed E-state index contributed by atoms with van der Waals surface area (Å²) >= 11 is 0. The van der Waals surface area contributed by atoms with E-state index >= 15 is 0 Å². The first-order valence-electron chi connectivity index (χ1n) is 44.4. The molecule has 2 aliphatic carbocycles. The molecule has 3 aromatic carbocycles. The SMILES string of the molecule is CCc1cc(=O)oc2c1C(=O)N(C/C(=N\OC)c1ccccc1)C(=O)C2.CCc1cc(=O)oc2c1C(=O)N(CC(=O)c1ccc(C)cc1)C(=O)C2.CCc1cc(=O)oc2c1c(=O)n(CC(C)=O)c(=O)n2COC.CCc1cc(=O)oc2nc(CC3CCC3)[nH]c(=O)c12.CCc1cc(=O)oc2nc(CC3CCC3)[nH]c(=O)c12.CCc1cc(=O)oc2nc(S(C)(=O)=O)nc(OCc3ccc(C)cc3)c12. The van der Waals surface area contributed by atoms with Crippen LogP contribution in [0, 0.1) is 25.7 Å². The minimum Gasteiger partial charge on any atom is -0.472 e. The fourth-order valence-electron chi connectivity index (χ4n) is 15.7. The largest absolute Gasteiger partial charge is 0.472 e. The zero-order chi connectivity index (χ0) is 99.0. The molecule has 0 unspecified atom stereocenters. The number of aromatic nitrogens is 8. The van der Waals surface area contributed by atoms with Gasteiger partial charge in [0.2, 0.25) is 50.4 Å². The summed E-state index contributed by atoms with van der Waals surface area (Å²) in [6, 6.07) is 31.7. The maximum Gasteiger partial charge on any atom is 0.337 e. The highest BCUT2D eigenvalue weighted by Crippen LogP contribution is 2.33. The average molecular weight is 1900 g/mol. The molecule has 13 aromatic rings. The van der Waals surface area contributed by atoms with Crippen molar-refractivity contribution in [2.45, 2.75) is 190 Å². The van der Waals surface area contributed by atoms with E-state index in [-0.39, 0.29) is 125 Å². The third-order valence-corrected chi connectivity index (χ3v) is 24.0. The number of ketones is 2. The molecule has 12 heterocycles. The number of sulfone groups is 1. The van der Waals surface area contributed by atoms with Gasteiger partial charge in [0, 0.05) is 73.7 Å². The van der Waals surface area contributed by atoms with Gasteiger partial charge in [-0.25, -0.2) is 46.5 Å². The minimum atomic E-state index is -3.70. The quantitative estimate of drug-likeness (QED) is 0.0177. The number of fused-ring (bicyclic) bond motifs is 6. The number of hydrogen-bond donors (Lipinski definition) is 2. The number of Topliss-reactive ketones (excluding diaryl/α,β-unsaturated/α-hetero) is 2. The number of aryl methyl sites for hydroxylation is 8. The number of imide groups is 2. The second kappa shape index (κ2) is 44.7. The number of oxime groups is 1. The Hall–Kier alpha value is -15.3. The Bertz CT molecular complexity index is 7520. The first-order chi connectivity index (χ1) is 65.5. The molecule has 2 N–H and O–H groups in total. The zero-order valence-corrected chi connectivity index (χ0v) is 78.2. The lowest BCUT2D eigenvalue weighted by Gasteiger charge is -2.27. The van der Waals surface area contributed by atoms with E-state index < -0.39 is 83.6 Å². The van der Waals surface area contributed by atoms with E-state index in [2.05, 4.69) is 35.1 Å². The smallest absolute Gasteiger partial charge is 0.337 e. The second-order valence-electron chi connectivity index (χ2n) is 32.9. The van der Waals surface area contributed by atoms with E-state index in [4.69, 9.17) is 40.8 Å². The monoisotopic (exact) mass is 1900 g/mol. The van der Waals surface area contributed by atoms with Crippen LogP contribution < -0.4 is 60.9 Å². The molecule has 0 atom stereocenters. The normalized spacial score (nSPS) is 13.6. The molecule has 4 amide bonds. The number of H-pyrrole nitrogens is 2. The van der Waals surface area contributed by atoms with Crippen molar-refractivity contribution < 1.29 is 78.0 Å². The van der Waals surface area contributed by atoms with Gasteiger partial charge in [0.05, 0.1) is 43.6 Å². The van der Waals surface area contributed by atoms with Crippen LogP contribution in [0.3, 0.4) is 0 Å². The fourth-order valence-corrected chi connectivity index (χ4v) is 16.2. The number of methoxy groups -OCH3 is 1. The van der Waals surface area contributed by atoms with Crippen molar-refractivity contribution in [3.63, 3.8) is 0 Å². The van der Waals surface area contributed by atoms with E-state index in [0.717, 1.165) is 60.3 Å². The summed E-state index contributed by atoms with van der Waals surface area (Å²) in [4.78, 5) is 222. The van der Waals surface area contributed by atoms with Gasteiger partial charge in [-0.3, -0.25) is 57.5 Å². The lowest BCUT2D eigenvalue weighted by atomic mass is 9.83. The maximum absolute atomic E-state index is 12.9. The predicted molar refractivity (Wildman–Crippen MR) is 500 cm³/mol. The minimum absolute atomic E-state index is 0.0305. The number of benzene rings is 3. The molecule has 39 heteroatoms. The van der Waals surface area contributed by atoms with E-state index in [1.807, 2.05) is 96.1 Å². The molecule has 2 saturated carbocycles. The second-order valence-corrected chi connectivity index (χ2v) is 34.8. The Morgan fingerprint density at radius 3 is 1.34 bits per heavy atom. The molecule has 137 heavy (non-hydrogen) atoms. The van der Waals surface area contributed by atoms with Crippen molar-refractivity contribution in [3.05, 3.63) is 315 Å². The van der Waals surface area contributed by atoms with Crippen LogP contribution in [-0.4, -0.2) is 132 Å². The molecule has 4 aliphatic rings. The number of nitrogens with one attached hydrogen (secondary N) is 2. The maximum atomic E-state index is 12.9. The molecule has 10 aromatic heterocycles. The highest BCUT2D eigenvalue weighted by molar-refractivity contribution is 7.90. The fraction of sp³-hybridized carbons (Fsp3) is 0.357. The van der Waals surface area contributed by atoms with Gasteiger partial charge >= 0.3 is 39.4 Å². The van der Waals surface area contributed by atoms with Crippen LogP contribution >= 0.6 is 0 Å². The number of nitrogens with zero attached hydrogens (tertiary/aromatic N) is 9. The van der Waals surface area contributed by atoms with Gasteiger partial charge in [-0.05, 0) is 110 Å². The topological polar surface area (TPSA) is 526 Å². The lowest BCUT2D eigenvalue weighted by Crippen LogP contribution is -2.46. The number of hydrogen-bond acceptors (Lipinski definition) is 32. The van der Waals surface area contributed by atoms with Crippen LogP contribution in [0.1, 0.15) is 197 Å². The van der Waals surface area contributed by atoms with Crippen molar-refractivity contribution in [1.29, 1.82) is 0 Å². The lowest BCUT2D eigenvalue weighted by molar-refractivity contribution is -0.129.